The number of benzene rings is 1. The highest BCUT2D eigenvalue weighted by Gasteiger charge is 2.27. The maximum atomic E-state index is 13.3. The number of anilines is 1. The molecule has 1 aromatic carbocycles. The summed E-state index contributed by atoms with van der Waals surface area (Å²) in [7, 11) is 0. The maximum Gasteiger partial charge on any atom is 0.333 e. The van der Waals surface area contributed by atoms with Crippen LogP contribution in [-0.2, 0) is 9.53 Å². The Morgan fingerprint density at radius 2 is 2.04 bits per heavy atom. The van der Waals surface area contributed by atoms with Crippen LogP contribution in [0.5, 0.6) is 0 Å². The number of nitrogens with zero attached hydrogens (tertiary/aromatic N) is 2. The highest BCUT2D eigenvalue weighted by molar-refractivity contribution is 6.03. The maximum absolute atomic E-state index is 13.3. The summed E-state index contributed by atoms with van der Waals surface area (Å²) in [6.07, 6.45) is -0.104. The van der Waals surface area contributed by atoms with Crippen LogP contribution in [0.25, 0.3) is 22.0 Å². The van der Waals surface area contributed by atoms with Crippen molar-refractivity contribution in [3.05, 3.63) is 60.3 Å². The molecule has 3 aromatic rings. The van der Waals surface area contributed by atoms with Gasteiger partial charge in [0.05, 0.1) is 12.2 Å². The van der Waals surface area contributed by atoms with Gasteiger partial charge in [-0.1, -0.05) is 18.2 Å². The summed E-state index contributed by atoms with van der Waals surface area (Å²) in [4.78, 5) is 19.6. The van der Waals surface area contributed by atoms with E-state index in [0.717, 1.165) is 10.9 Å². The van der Waals surface area contributed by atoms with Gasteiger partial charge in [-0.2, -0.15) is 4.39 Å². The molecule has 1 N–H and O–H groups in total. The van der Waals surface area contributed by atoms with Crippen molar-refractivity contribution in [3.8, 4) is 11.1 Å². The van der Waals surface area contributed by atoms with E-state index < -0.39 is 24.9 Å². The number of aromatic amines is 1. The molecule has 0 aliphatic carbocycles. The second-order valence-electron chi connectivity index (χ2n) is 6.01. The Kier molecular flexibility index (Phi) is 4.31. The minimum absolute atomic E-state index is 0.0952. The van der Waals surface area contributed by atoms with E-state index in [1.54, 1.807) is 0 Å². The average molecular weight is 373 g/mol. The third-order valence-corrected chi connectivity index (χ3v) is 4.29. The number of hydrogen-bond donors (Lipinski definition) is 1. The molecule has 4 rings (SSSR count). The Morgan fingerprint density at radius 3 is 2.70 bits per heavy atom. The van der Waals surface area contributed by atoms with E-state index >= 15 is 0 Å². The third-order valence-electron chi connectivity index (χ3n) is 4.29. The highest BCUT2D eigenvalue weighted by atomic mass is 19.3. The van der Waals surface area contributed by atoms with Gasteiger partial charge in [-0.05, 0) is 18.2 Å². The van der Waals surface area contributed by atoms with Gasteiger partial charge in [0.15, 0.2) is 0 Å². The summed E-state index contributed by atoms with van der Waals surface area (Å²) in [5.74, 6) is -0.845. The summed E-state index contributed by atoms with van der Waals surface area (Å²) >= 11 is 0. The summed E-state index contributed by atoms with van der Waals surface area (Å²) < 4.78 is 44.7. The number of carbonyl (C=O) groups excluding carboxylic acids is 1. The van der Waals surface area contributed by atoms with Crippen molar-refractivity contribution in [1.29, 1.82) is 0 Å². The molecule has 2 aromatic heterocycles. The molecular weight excluding hydrogens is 359 g/mol. The molecule has 0 unspecified atom stereocenters. The van der Waals surface area contributed by atoms with Gasteiger partial charge in [-0.25, -0.2) is 18.6 Å². The SMILES string of the molecule is O=C1C=C(N(CC(F)F)c2[nH]c3ccccc3c2-c2ccc(F)nc2)CO1. The minimum Gasteiger partial charge on any atom is -0.456 e. The summed E-state index contributed by atoms with van der Waals surface area (Å²) in [6.45, 7) is -0.723. The summed E-state index contributed by atoms with van der Waals surface area (Å²) in [6, 6.07) is 10.0. The number of hydrogen-bond acceptors (Lipinski definition) is 4. The largest absolute Gasteiger partial charge is 0.456 e. The second kappa shape index (κ2) is 6.79. The highest BCUT2D eigenvalue weighted by Crippen LogP contribution is 2.39. The Balaban J connectivity index is 1.93. The monoisotopic (exact) mass is 373 g/mol. The van der Waals surface area contributed by atoms with Crippen molar-refractivity contribution in [2.75, 3.05) is 18.1 Å². The molecule has 0 amide bonds. The number of halogens is 3. The molecule has 0 saturated carbocycles. The molecule has 5 nitrogen and oxygen atoms in total. The first-order valence-electron chi connectivity index (χ1n) is 8.18. The van der Waals surface area contributed by atoms with E-state index in [2.05, 4.69) is 9.97 Å². The van der Waals surface area contributed by atoms with Gasteiger partial charge in [-0.15, -0.1) is 0 Å². The number of rotatable bonds is 5. The number of aromatic nitrogens is 2. The molecule has 1 aliphatic rings. The number of nitrogens with one attached hydrogen (secondary N) is 1. The Hall–Kier alpha value is -3.29. The quantitative estimate of drug-likeness (QED) is 0.545. The zero-order valence-corrected chi connectivity index (χ0v) is 14.0. The van der Waals surface area contributed by atoms with E-state index in [0.29, 0.717) is 22.6 Å². The van der Waals surface area contributed by atoms with E-state index in [1.165, 1.54) is 29.3 Å². The smallest absolute Gasteiger partial charge is 0.333 e. The zero-order chi connectivity index (χ0) is 19.0. The van der Waals surface area contributed by atoms with Crippen LogP contribution in [0.1, 0.15) is 0 Å². The predicted molar refractivity (Wildman–Crippen MR) is 93.9 cm³/mol. The van der Waals surface area contributed by atoms with Crippen molar-refractivity contribution in [3.63, 3.8) is 0 Å². The number of esters is 1. The van der Waals surface area contributed by atoms with Crippen LogP contribution in [0.4, 0.5) is 19.0 Å². The van der Waals surface area contributed by atoms with Gasteiger partial charge in [0.1, 0.15) is 12.4 Å². The van der Waals surface area contributed by atoms with Gasteiger partial charge in [-0.3, -0.25) is 0 Å². The lowest BCUT2D eigenvalue weighted by molar-refractivity contribution is -0.134. The van der Waals surface area contributed by atoms with Crippen LogP contribution in [0.15, 0.2) is 54.4 Å². The first-order valence-corrected chi connectivity index (χ1v) is 8.18. The molecule has 0 fully saturated rings. The van der Waals surface area contributed by atoms with Gasteiger partial charge in [0.25, 0.3) is 6.43 Å². The Labute approximate surface area is 152 Å². The number of para-hydroxylation sites is 1. The lowest BCUT2D eigenvalue weighted by atomic mass is 10.0. The molecule has 0 bridgehead atoms. The molecule has 0 atom stereocenters. The Morgan fingerprint density at radius 1 is 1.22 bits per heavy atom. The Bertz CT molecular complexity index is 1030. The number of pyridine rings is 1. The molecule has 138 valence electrons. The molecule has 0 radical (unpaired) electrons. The fraction of sp³-hybridized carbons (Fsp3) is 0.158. The molecule has 27 heavy (non-hydrogen) atoms. The second-order valence-corrected chi connectivity index (χ2v) is 6.01. The van der Waals surface area contributed by atoms with Crippen LogP contribution >= 0.6 is 0 Å². The summed E-state index contributed by atoms with van der Waals surface area (Å²) in [5, 5.41) is 0.769. The van der Waals surface area contributed by atoms with Gasteiger partial charge in [0, 0.05) is 34.3 Å². The van der Waals surface area contributed by atoms with E-state index in [4.69, 9.17) is 4.74 Å². The normalized spacial score (nSPS) is 13.9. The molecule has 0 saturated heterocycles. The zero-order valence-electron chi connectivity index (χ0n) is 14.0. The van der Waals surface area contributed by atoms with Crippen molar-refractivity contribution >= 4 is 22.7 Å². The fourth-order valence-corrected chi connectivity index (χ4v) is 3.16. The van der Waals surface area contributed by atoms with Crippen molar-refractivity contribution in [1.82, 2.24) is 9.97 Å². The van der Waals surface area contributed by atoms with Crippen LogP contribution in [0.2, 0.25) is 0 Å². The molecular formula is C19H14F3N3O2. The number of ether oxygens (including phenoxy) is 1. The van der Waals surface area contributed by atoms with Gasteiger partial charge in [0.2, 0.25) is 5.95 Å². The van der Waals surface area contributed by atoms with Crippen molar-refractivity contribution < 1.29 is 22.7 Å². The topological polar surface area (TPSA) is 58.2 Å². The predicted octanol–water partition coefficient (Wildman–Crippen LogP) is 3.88. The van der Waals surface area contributed by atoms with Gasteiger partial charge >= 0.3 is 5.97 Å². The number of fused-ring (bicyclic) bond motifs is 1. The molecule has 1 aliphatic heterocycles. The van der Waals surface area contributed by atoms with E-state index in [-0.39, 0.29) is 6.61 Å². The fourth-order valence-electron chi connectivity index (χ4n) is 3.16. The molecule has 8 heteroatoms. The number of cyclic esters (lactones) is 1. The average Bonchev–Trinajstić information content (AvgIpc) is 3.24. The summed E-state index contributed by atoms with van der Waals surface area (Å²) in [5.41, 5.74) is 2.20. The van der Waals surface area contributed by atoms with Crippen LogP contribution in [0.3, 0.4) is 0 Å². The first kappa shape index (κ1) is 17.1. The number of H-pyrrole nitrogens is 1. The van der Waals surface area contributed by atoms with Crippen molar-refractivity contribution in [2.24, 2.45) is 0 Å². The lowest BCUT2D eigenvalue weighted by Gasteiger charge is -2.24. The van der Waals surface area contributed by atoms with E-state index in [1.807, 2.05) is 24.3 Å². The van der Waals surface area contributed by atoms with Gasteiger partial charge < -0.3 is 14.6 Å². The first-order chi connectivity index (χ1) is 13.0. The molecule has 3 heterocycles. The van der Waals surface area contributed by atoms with E-state index in [9.17, 15) is 18.0 Å². The number of carbonyl (C=O) groups is 1. The lowest BCUT2D eigenvalue weighted by Crippen LogP contribution is -2.29. The van der Waals surface area contributed by atoms with Crippen LogP contribution < -0.4 is 4.90 Å². The minimum atomic E-state index is -2.65. The standard InChI is InChI=1S/C19H14F3N3O2/c20-15(21)9-25(12-7-17(26)27-10-12)19-18(11-5-6-16(22)23-8-11)13-3-1-2-4-14(13)24-19/h1-8,15,24H,9-10H2. The van der Waals surface area contributed by atoms with Crippen LogP contribution in [-0.4, -0.2) is 35.5 Å². The van der Waals surface area contributed by atoms with Crippen molar-refractivity contribution in [2.45, 2.75) is 6.43 Å². The number of alkyl halides is 2. The van der Waals surface area contributed by atoms with Crippen LogP contribution in [0, 0.1) is 5.95 Å². The third kappa shape index (κ3) is 3.25. The molecule has 0 spiro atoms.